The number of primary amides is 1. The fraction of sp³-hybridized carbons (Fsp3) is 0.571. The molecule has 2 N–H and O–H groups in total. The van der Waals surface area contributed by atoms with Crippen molar-refractivity contribution in [2.75, 3.05) is 5.88 Å². The van der Waals surface area contributed by atoms with Crippen LogP contribution in [0.2, 0.25) is 0 Å². The third-order valence-electron chi connectivity index (χ3n) is 1.35. The van der Waals surface area contributed by atoms with Gasteiger partial charge in [-0.2, -0.15) is 0 Å². The molecule has 0 aromatic rings. The van der Waals surface area contributed by atoms with E-state index in [2.05, 4.69) is 10.7 Å². The summed E-state index contributed by atoms with van der Waals surface area (Å²) in [5, 5.41) is 0. The molecule has 0 fully saturated rings. The lowest BCUT2D eigenvalue weighted by atomic mass is 10.1. The molecular weight excluding hydrogens is 166 g/mol. The molecule has 11 heavy (non-hydrogen) atoms. The molecule has 0 heterocycles. The average molecular weight is 176 g/mol. The van der Waals surface area contributed by atoms with Crippen molar-refractivity contribution in [3.05, 3.63) is 0 Å². The molecule has 0 aromatic carbocycles. The van der Waals surface area contributed by atoms with Crippen LogP contribution >= 0.6 is 11.6 Å². The Morgan fingerprint density at radius 3 is 2.55 bits per heavy atom. The number of rotatable bonds is 3. The second-order valence-electron chi connectivity index (χ2n) is 2.05. The standard InChI is InChI=1S/C7H10ClNO2/c1-3-7(4-2,5-8)11-6(9)10/h1H,4-5H2,2H3,(H2,9,10). The average Bonchev–Trinajstić information content (AvgIpc) is 2.00. The van der Waals surface area contributed by atoms with Crippen LogP contribution in [0.4, 0.5) is 4.79 Å². The van der Waals surface area contributed by atoms with Crippen LogP contribution in [-0.2, 0) is 4.74 Å². The van der Waals surface area contributed by atoms with Gasteiger partial charge in [-0.05, 0) is 6.42 Å². The molecule has 0 spiro atoms. The minimum absolute atomic E-state index is 0.0585. The van der Waals surface area contributed by atoms with E-state index in [-0.39, 0.29) is 5.88 Å². The van der Waals surface area contributed by atoms with Crippen LogP contribution in [0.25, 0.3) is 0 Å². The zero-order valence-electron chi connectivity index (χ0n) is 6.26. The highest BCUT2D eigenvalue weighted by Crippen LogP contribution is 2.16. The van der Waals surface area contributed by atoms with Gasteiger partial charge < -0.3 is 10.5 Å². The Morgan fingerprint density at radius 2 is 2.45 bits per heavy atom. The lowest BCUT2D eigenvalue weighted by Crippen LogP contribution is -2.36. The predicted octanol–water partition coefficient (Wildman–Crippen LogP) is 1.10. The molecule has 0 saturated carbocycles. The summed E-state index contributed by atoms with van der Waals surface area (Å²) in [6, 6.07) is 0. The molecule has 1 unspecified atom stereocenters. The normalized spacial score (nSPS) is 14.6. The van der Waals surface area contributed by atoms with Crippen molar-refractivity contribution in [1.29, 1.82) is 0 Å². The number of hydrogen-bond donors (Lipinski definition) is 1. The molecule has 0 bridgehead atoms. The number of carbonyl (C=O) groups is 1. The zero-order chi connectivity index (χ0) is 8.91. The Hall–Kier alpha value is -0.880. The first kappa shape index (κ1) is 10.1. The molecule has 1 amide bonds. The largest absolute Gasteiger partial charge is 0.429 e. The number of nitrogens with two attached hydrogens (primary N) is 1. The van der Waals surface area contributed by atoms with E-state index >= 15 is 0 Å². The van der Waals surface area contributed by atoms with Crippen molar-refractivity contribution >= 4 is 17.7 Å². The number of halogens is 1. The molecule has 0 rings (SSSR count). The highest BCUT2D eigenvalue weighted by atomic mass is 35.5. The van der Waals surface area contributed by atoms with E-state index in [4.69, 9.17) is 23.8 Å². The summed E-state index contributed by atoms with van der Waals surface area (Å²) in [7, 11) is 0. The third-order valence-corrected chi connectivity index (χ3v) is 1.78. The smallest absolute Gasteiger partial charge is 0.406 e. The SMILES string of the molecule is C#CC(CC)(CCl)OC(N)=O. The molecule has 0 aliphatic carbocycles. The van der Waals surface area contributed by atoms with Gasteiger partial charge in [-0.1, -0.05) is 12.8 Å². The summed E-state index contributed by atoms with van der Waals surface area (Å²) in [6.45, 7) is 1.77. The molecule has 3 nitrogen and oxygen atoms in total. The van der Waals surface area contributed by atoms with E-state index < -0.39 is 11.7 Å². The van der Waals surface area contributed by atoms with Crippen LogP contribution in [0.3, 0.4) is 0 Å². The van der Waals surface area contributed by atoms with Crippen LogP contribution in [0.15, 0.2) is 0 Å². The van der Waals surface area contributed by atoms with E-state index in [0.717, 1.165) is 0 Å². The van der Waals surface area contributed by atoms with Gasteiger partial charge in [0.15, 0.2) is 5.60 Å². The second-order valence-corrected chi connectivity index (χ2v) is 2.31. The van der Waals surface area contributed by atoms with Gasteiger partial charge >= 0.3 is 6.09 Å². The maximum Gasteiger partial charge on any atom is 0.406 e. The van der Waals surface area contributed by atoms with Gasteiger partial charge in [0, 0.05) is 0 Å². The minimum atomic E-state index is -1.03. The van der Waals surface area contributed by atoms with Gasteiger partial charge in [0.2, 0.25) is 0 Å². The zero-order valence-corrected chi connectivity index (χ0v) is 7.02. The predicted molar refractivity (Wildman–Crippen MR) is 43.2 cm³/mol. The van der Waals surface area contributed by atoms with Gasteiger partial charge in [0.25, 0.3) is 0 Å². The maximum absolute atomic E-state index is 10.3. The van der Waals surface area contributed by atoms with Gasteiger partial charge in [-0.25, -0.2) is 4.79 Å². The molecule has 0 aromatic heterocycles. The molecule has 0 aliphatic rings. The highest BCUT2D eigenvalue weighted by Gasteiger charge is 2.27. The molecule has 62 valence electrons. The van der Waals surface area contributed by atoms with Crippen molar-refractivity contribution in [3.63, 3.8) is 0 Å². The summed E-state index contributed by atoms with van der Waals surface area (Å²) >= 11 is 5.49. The van der Waals surface area contributed by atoms with Gasteiger partial charge in [-0.3, -0.25) is 0 Å². The second kappa shape index (κ2) is 4.09. The number of terminal acetylenes is 1. The van der Waals surface area contributed by atoms with Crippen molar-refractivity contribution in [1.82, 2.24) is 0 Å². The van der Waals surface area contributed by atoms with Crippen LogP contribution in [-0.4, -0.2) is 17.6 Å². The fourth-order valence-corrected chi connectivity index (χ4v) is 0.877. The number of hydrogen-bond acceptors (Lipinski definition) is 2. The van der Waals surface area contributed by atoms with E-state index in [1.54, 1.807) is 6.92 Å². The lowest BCUT2D eigenvalue weighted by Gasteiger charge is -2.22. The number of alkyl halides is 1. The first-order valence-electron chi connectivity index (χ1n) is 3.12. The summed E-state index contributed by atoms with van der Waals surface area (Å²) in [5.74, 6) is 2.35. The minimum Gasteiger partial charge on any atom is -0.429 e. The molecule has 1 atom stereocenters. The Kier molecular flexibility index (Phi) is 3.77. The van der Waals surface area contributed by atoms with E-state index in [9.17, 15) is 4.79 Å². The van der Waals surface area contributed by atoms with E-state index in [1.165, 1.54) is 0 Å². The van der Waals surface area contributed by atoms with Crippen molar-refractivity contribution < 1.29 is 9.53 Å². The Balaban J connectivity index is 4.32. The summed E-state index contributed by atoms with van der Waals surface area (Å²) < 4.78 is 4.66. The summed E-state index contributed by atoms with van der Waals surface area (Å²) in [5.41, 5.74) is 3.76. The Labute approximate surface area is 70.8 Å². The van der Waals surface area contributed by atoms with E-state index in [1.807, 2.05) is 0 Å². The van der Waals surface area contributed by atoms with Crippen molar-refractivity contribution in [2.45, 2.75) is 18.9 Å². The third kappa shape index (κ3) is 2.69. The first-order chi connectivity index (χ1) is 5.10. The molecule has 0 saturated heterocycles. The van der Waals surface area contributed by atoms with Crippen molar-refractivity contribution in [2.24, 2.45) is 5.73 Å². The fourth-order valence-electron chi connectivity index (χ4n) is 0.557. The molecular formula is C7H10ClNO2. The molecule has 0 radical (unpaired) electrons. The lowest BCUT2D eigenvalue weighted by molar-refractivity contribution is 0.0736. The van der Waals surface area contributed by atoms with Crippen LogP contribution in [0.1, 0.15) is 13.3 Å². The first-order valence-corrected chi connectivity index (χ1v) is 3.66. The number of amides is 1. The van der Waals surface area contributed by atoms with Gasteiger partial charge in [0.1, 0.15) is 0 Å². The molecule has 0 aliphatic heterocycles. The number of carbonyl (C=O) groups excluding carboxylic acids is 1. The quantitative estimate of drug-likeness (QED) is 0.516. The summed E-state index contributed by atoms with van der Waals surface area (Å²) in [6.07, 6.45) is 4.67. The Morgan fingerprint density at radius 1 is 1.91 bits per heavy atom. The van der Waals surface area contributed by atoms with Crippen LogP contribution < -0.4 is 5.73 Å². The van der Waals surface area contributed by atoms with Crippen LogP contribution in [0, 0.1) is 12.3 Å². The Bertz CT molecular complexity index is 181. The van der Waals surface area contributed by atoms with Crippen LogP contribution in [0.5, 0.6) is 0 Å². The van der Waals surface area contributed by atoms with Gasteiger partial charge in [0.05, 0.1) is 5.88 Å². The molecule has 4 heteroatoms. The van der Waals surface area contributed by atoms with Gasteiger partial charge in [-0.15, -0.1) is 18.0 Å². The monoisotopic (exact) mass is 175 g/mol. The topological polar surface area (TPSA) is 52.3 Å². The van der Waals surface area contributed by atoms with Crippen molar-refractivity contribution in [3.8, 4) is 12.3 Å². The number of ether oxygens (including phenoxy) is 1. The summed E-state index contributed by atoms with van der Waals surface area (Å²) in [4.78, 5) is 10.3. The van der Waals surface area contributed by atoms with E-state index in [0.29, 0.717) is 6.42 Å². The maximum atomic E-state index is 10.3. The highest BCUT2D eigenvalue weighted by molar-refractivity contribution is 6.18.